The molecular weight excluding hydrogens is 258 g/mol. The third kappa shape index (κ3) is 3.27. The number of hydrogen-bond acceptors (Lipinski definition) is 4. The van der Waals surface area contributed by atoms with Crippen LogP contribution < -0.4 is 16.4 Å². The number of methoxy groups -OCH3 is 1. The Balaban J connectivity index is 2.14. The highest BCUT2D eigenvalue weighted by Crippen LogP contribution is 2.16. The molecule has 1 aromatic heterocycles. The maximum atomic E-state index is 11.3. The lowest BCUT2D eigenvalue weighted by Gasteiger charge is -2.23. The van der Waals surface area contributed by atoms with Crippen LogP contribution in [-0.4, -0.2) is 29.2 Å². The number of benzene rings is 1. The van der Waals surface area contributed by atoms with Crippen molar-refractivity contribution in [3.05, 3.63) is 38.9 Å². The van der Waals surface area contributed by atoms with Gasteiger partial charge in [-0.1, -0.05) is 0 Å². The summed E-state index contributed by atoms with van der Waals surface area (Å²) in [5.41, 5.74) is 0.633. The third-order valence-corrected chi connectivity index (χ3v) is 3.33. The first-order valence-electron chi connectivity index (χ1n) is 6.47. The zero-order valence-corrected chi connectivity index (χ0v) is 11.9. The van der Waals surface area contributed by atoms with Crippen LogP contribution in [0.5, 0.6) is 0 Å². The van der Waals surface area contributed by atoms with Gasteiger partial charge in [-0.15, -0.1) is 0 Å². The van der Waals surface area contributed by atoms with E-state index in [1.807, 2.05) is 19.9 Å². The summed E-state index contributed by atoms with van der Waals surface area (Å²) in [5, 5.41) is 3.27. The minimum absolute atomic E-state index is 0.177. The highest BCUT2D eigenvalue weighted by molar-refractivity contribution is 5.78. The summed E-state index contributed by atoms with van der Waals surface area (Å²) in [5.74, 6) is 0. The van der Waals surface area contributed by atoms with Crippen LogP contribution in [0.4, 0.5) is 5.69 Å². The van der Waals surface area contributed by atoms with Crippen molar-refractivity contribution in [3.63, 3.8) is 0 Å². The van der Waals surface area contributed by atoms with E-state index in [2.05, 4.69) is 15.3 Å². The molecule has 108 valence electrons. The van der Waals surface area contributed by atoms with Crippen molar-refractivity contribution in [2.45, 2.75) is 25.9 Å². The molecule has 0 aliphatic heterocycles. The summed E-state index contributed by atoms with van der Waals surface area (Å²) in [7, 11) is 1.69. The lowest BCUT2D eigenvalue weighted by Crippen LogP contribution is -2.29. The predicted molar refractivity (Wildman–Crippen MR) is 79.4 cm³/mol. The van der Waals surface area contributed by atoms with E-state index in [4.69, 9.17) is 4.74 Å². The first-order valence-corrected chi connectivity index (χ1v) is 6.47. The number of ether oxygens (including phenoxy) is 1. The first-order chi connectivity index (χ1) is 9.41. The number of nitrogens with one attached hydrogen (secondary N) is 3. The van der Waals surface area contributed by atoms with E-state index >= 15 is 0 Å². The lowest BCUT2D eigenvalue weighted by molar-refractivity contribution is 0.0185. The molecule has 20 heavy (non-hydrogen) atoms. The van der Waals surface area contributed by atoms with Gasteiger partial charge in [0.1, 0.15) is 0 Å². The highest BCUT2D eigenvalue weighted by Gasteiger charge is 2.15. The maximum Gasteiger partial charge on any atom is 0.314 e. The summed E-state index contributed by atoms with van der Waals surface area (Å²) in [6, 6.07) is 5.42. The van der Waals surface area contributed by atoms with Gasteiger partial charge in [-0.2, -0.15) is 0 Å². The van der Waals surface area contributed by atoms with Crippen LogP contribution in [0.1, 0.15) is 20.3 Å². The van der Waals surface area contributed by atoms with Crippen LogP contribution >= 0.6 is 0 Å². The third-order valence-electron chi connectivity index (χ3n) is 3.33. The number of hydrogen-bond donors (Lipinski definition) is 3. The quantitative estimate of drug-likeness (QED) is 0.722. The molecule has 0 saturated carbocycles. The van der Waals surface area contributed by atoms with Crippen molar-refractivity contribution in [1.29, 1.82) is 0 Å². The molecule has 0 bridgehead atoms. The molecule has 0 aliphatic rings. The minimum atomic E-state index is -0.643. The second kappa shape index (κ2) is 5.50. The van der Waals surface area contributed by atoms with Crippen molar-refractivity contribution in [2.24, 2.45) is 0 Å². The number of H-pyrrole nitrogens is 2. The van der Waals surface area contributed by atoms with Gasteiger partial charge in [0.15, 0.2) is 0 Å². The van der Waals surface area contributed by atoms with E-state index in [1.54, 1.807) is 19.2 Å². The van der Waals surface area contributed by atoms with Crippen molar-refractivity contribution >= 4 is 16.7 Å². The first kappa shape index (κ1) is 14.3. The summed E-state index contributed by atoms with van der Waals surface area (Å²) in [4.78, 5) is 27.6. The topological polar surface area (TPSA) is 87.0 Å². The molecule has 0 fully saturated rings. The van der Waals surface area contributed by atoms with Gasteiger partial charge in [0.05, 0.1) is 16.6 Å². The van der Waals surface area contributed by atoms with Crippen LogP contribution in [0.15, 0.2) is 27.8 Å². The molecule has 0 spiro atoms. The molecule has 0 atom stereocenters. The predicted octanol–water partition coefficient (Wildman–Crippen LogP) is 1.44. The molecule has 0 amide bonds. The minimum Gasteiger partial charge on any atom is -0.385 e. The van der Waals surface area contributed by atoms with E-state index < -0.39 is 11.1 Å². The molecule has 6 nitrogen and oxygen atoms in total. The van der Waals surface area contributed by atoms with Gasteiger partial charge < -0.3 is 20.0 Å². The Morgan fingerprint density at radius 1 is 1.15 bits per heavy atom. The van der Waals surface area contributed by atoms with Crippen LogP contribution in [0, 0.1) is 0 Å². The fourth-order valence-corrected chi connectivity index (χ4v) is 1.83. The van der Waals surface area contributed by atoms with Crippen LogP contribution in [0.2, 0.25) is 0 Å². The van der Waals surface area contributed by atoms with E-state index in [-0.39, 0.29) is 5.60 Å². The van der Waals surface area contributed by atoms with Crippen LogP contribution in [0.3, 0.4) is 0 Å². The van der Waals surface area contributed by atoms with E-state index in [9.17, 15) is 9.59 Å². The second-order valence-electron chi connectivity index (χ2n) is 5.31. The molecule has 1 heterocycles. The summed E-state index contributed by atoms with van der Waals surface area (Å²) in [6.45, 7) is 4.80. The Hall–Kier alpha value is -2.08. The van der Waals surface area contributed by atoms with Crippen molar-refractivity contribution in [2.75, 3.05) is 19.0 Å². The fourth-order valence-electron chi connectivity index (χ4n) is 1.83. The van der Waals surface area contributed by atoms with E-state index in [0.29, 0.717) is 11.0 Å². The Morgan fingerprint density at radius 3 is 2.45 bits per heavy atom. The number of aromatic amines is 2. The summed E-state index contributed by atoms with van der Waals surface area (Å²) >= 11 is 0. The Labute approximate surface area is 116 Å². The van der Waals surface area contributed by atoms with Crippen molar-refractivity contribution in [3.8, 4) is 0 Å². The molecular formula is C14H19N3O3. The van der Waals surface area contributed by atoms with Gasteiger partial charge in [-0.3, -0.25) is 9.59 Å². The average Bonchev–Trinajstić information content (AvgIpc) is 2.40. The van der Waals surface area contributed by atoms with Gasteiger partial charge in [-0.05, 0) is 38.5 Å². The molecule has 0 aliphatic carbocycles. The van der Waals surface area contributed by atoms with Gasteiger partial charge in [-0.25, -0.2) is 0 Å². The zero-order chi connectivity index (χ0) is 14.8. The van der Waals surface area contributed by atoms with Gasteiger partial charge in [0.25, 0.3) is 0 Å². The number of fused-ring (bicyclic) bond motifs is 1. The molecule has 1 aromatic carbocycles. The number of anilines is 1. The molecule has 2 rings (SSSR count). The maximum absolute atomic E-state index is 11.3. The normalized spacial score (nSPS) is 11.8. The fraction of sp³-hybridized carbons (Fsp3) is 0.429. The Kier molecular flexibility index (Phi) is 3.94. The highest BCUT2D eigenvalue weighted by atomic mass is 16.5. The van der Waals surface area contributed by atoms with Gasteiger partial charge in [0.2, 0.25) is 0 Å². The van der Waals surface area contributed by atoms with E-state index in [0.717, 1.165) is 18.7 Å². The van der Waals surface area contributed by atoms with Gasteiger partial charge >= 0.3 is 11.1 Å². The number of aromatic nitrogens is 2. The summed E-state index contributed by atoms with van der Waals surface area (Å²) in [6.07, 6.45) is 0.851. The average molecular weight is 277 g/mol. The molecule has 0 saturated heterocycles. The van der Waals surface area contributed by atoms with Gasteiger partial charge in [0, 0.05) is 19.3 Å². The molecule has 2 aromatic rings. The Bertz CT molecular complexity index is 715. The van der Waals surface area contributed by atoms with Crippen molar-refractivity contribution < 1.29 is 4.74 Å². The zero-order valence-electron chi connectivity index (χ0n) is 11.9. The number of rotatable bonds is 5. The standard InChI is InChI=1S/C14H19N3O3/c1-14(2,20-3)6-7-15-9-4-5-10-11(8-9)17-13(19)12(18)16-10/h4-5,8,15H,6-7H2,1-3H3,(H,16,18)(H,17,19). The largest absolute Gasteiger partial charge is 0.385 e. The SMILES string of the molecule is COC(C)(C)CCNc1ccc2[nH]c(=O)c(=O)[nH]c2c1. The Morgan fingerprint density at radius 2 is 1.80 bits per heavy atom. The lowest BCUT2D eigenvalue weighted by atomic mass is 10.1. The molecule has 3 N–H and O–H groups in total. The second-order valence-corrected chi connectivity index (χ2v) is 5.31. The van der Waals surface area contributed by atoms with Crippen LogP contribution in [0.25, 0.3) is 11.0 Å². The van der Waals surface area contributed by atoms with Crippen LogP contribution in [-0.2, 0) is 4.74 Å². The molecule has 0 radical (unpaired) electrons. The molecule has 0 unspecified atom stereocenters. The smallest absolute Gasteiger partial charge is 0.314 e. The monoisotopic (exact) mass is 277 g/mol. The van der Waals surface area contributed by atoms with Crippen molar-refractivity contribution in [1.82, 2.24) is 9.97 Å². The van der Waals surface area contributed by atoms with E-state index in [1.165, 1.54) is 0 Å². The molecule has 6 heteroatoms. The summed E-state index contributed by atoms with van der Waals surface area (Å²) < 4.78 is 5.35.